The van der Waals surface area contributed by atoms with E-state index in [0.29, 0.717) is 0 Å². The Bertz CT molecular complexity index is 431. The van der Waals surface area contributed by atoms with Crippen molar-refractivity contribution in [2.75, 3.05) is 25.1 Å². The van der Waals surface area contributed by atoms with E-state index in [1.807, 2.05) is 18.2 Å². The molecule has 1 N–H and O–H groups in total. The summed E-state index contributed by atoms with van der Waals surface area (Å²) in [5, 5.41) is 8.94. The minimum atomic E-state index is -0.748. The number of carboxylic acid groups (broad SMARTS) is 1. The predicted molar refractivity (Wildman–Crippen MR) is 65.9 cm³/mol. The molecule has 92 valence electrons. The van der Waals surface area contributed by atoms with Crippen molar-refractivity contribution in [2.24, 2.45) is 0 Å². The standard InChI is InChI=1S/C13H17NO3/c1-3-14-8-9(6-13(15)16)11-7-10(17-2)4-5-12(11)14/h4-5,7,9H,3,6,8H2,1-2H3,(H,15,16). The molecular formula is C13H17NO3. The molecule has 1 aromatic rings. The summed E-state index contributed by atoms with van der Waals surface area (Å²) in [6, 6.07) is 5.89. The van der Waals surface area contributed by atoms with Gasteiger partial charge < -0.3 is 14.7 Å². The number of likely N-dealkylation sites (N-methyl/N-ethyl adjacent to an activating group) is 1. The lowest BCUT2D eigenvalue weighted by Crippen LogP contribution is -2.21. The van der Waals surface area contributed by atoms with Gasteiger partial charge in [0, 0.05) is 24.7 Å². The van der Waals surface area contributed by atoms with Gasteiger partial charge in [-0.3, -0.25) is 4.79 Å². The van der Waals surface area contributed by atoms with Crippen LogP contribution in [0.4, 0.5) is 5.69 Å². The second-order valence-corrected chi connectivity index (χ2v) is 4.26. The molecule has 0 bridgehead atoms. The summed E-state index contributed by atoms with van der Waals surface area (Å²) in [5.74, 6) is 0.108. The summed E-state index contributed by atoms with van der Waals surface area (Å²) in [4.78, 5) is 13.1. The Kier molecular flexibility index (Phi) is 3.22. The highest BCUT2D eigenvalue weighted by molar-refractivity contribution is 5.71. The molecule has 1 unspecified atom stereocenters. The summed E-state index contributed by atoms with van der Waals surface area (Å²) in [7, 11) is 1.63. The molecule has 0 fully saturated rings. The van der Waals surface area contributed by atoms with Crippen LogP contribution in [0.25, 0.3) is 0 Å². The molecule has 17 heavy (non-hydrogen) atoms. The van der Waals surface area contributed by atoms with Gasteiger partial charge in [-0.25, -0.2) is 0 Å². The highest BCUT2D eigenvalue weighted by Gasteiger charge is 2.29. The normalized spacial score (nSPS) is 18.0. The predicted octanol–water partition coefficient (Wildman–Crippen LogP) is 2.09. The van der Waals surface area contributed by atoms with Crippen LogP contribution in [0.15, 0.2) is 18.2 Å². The number of anilines is 1. The summed E-state index contributed by atoms with van der Waals surface area (Å²) in [6.45, 7) is 3.76. The average Bonchev–Trinajstić information content (AvgIpc) is 2.66. The number of nitrogens with zero attached hydrogens (tertiary/aromatic N) is 1. The van der Waals surface area contributed by atoms with Crippen LogP contribution in [-0.4, -0.2) is 31.3 Å². The van der Waals surface area contributed by atoms with Gasteiger partial charge in [0.05, 0.1) is 13.5 Å². The van der Waals surface area contributed by atoms with Gasteiger partial charge in [0.15, 0.2) is 0 Å². The van der Waals surface area contributed by atoms with Crippen molar-refractivity contribution in [1.29, 1.82) is 0 Å². The third-order valence-corrected chi connectivity index (χ3v) is 3.26. The minimum Gasteiger partial charge on any atom is -0.497 e. The van der Waals surface area contributed by atoms with Crippen LogP contribution in [0, 0.1) is 0 Å². The fourth-order valence-electron chi connectivity index (χ4n) is 2.42. The van der Waals surface area contributed by atoms with E-state index in [9.17, 15) is 4.79 Å². The molecular weight excluding hydrogens is 218 g/mol. The van der Waals surface area contributed by atoms with Crippen LogP contribution in [0.2, 0.25) is 0 Å². The van der Waals surface area contributed by atoms with Gasteiger partial charge in [-0.2, -0.15) is 0 Å². The first-order valence-corrected chi connectivity index (χ1v) is 5.80. The Labute approximate surface area is 101 Å². The van der Waals surface area contributed by atoms with Crippen LogP contribution in [0.5, 0.6) is 5.75 Å². The number of hydrogen-bond donors (Lipinski definition) is 1. The first-order chi connectivity index (χ1) is 8.15. The number of benzene rings is 1. The van der Waals surface area contributed by atoms with Crippen molar-refractivity contribution in [3.63, 3.8) is 0 Å². The largest absolute Gasteiger partial charge is 0.497 e. The van der Waals surface area contributed by atoms with E-state index in [0.717, 1.165) is 30.1 Å². The molecule has 2 rings (SSSR count). The SMILES string of the molecule is CCN1CC(CC(=O)O)c2cc(OC)ccc21. The molecule has 0 aromatic heterocycles. The van der Waals surface area contributed by atoms with Crippen molar-refractivity contribution in [1.82, 2.24) is 0 Å². The van der Waals surface area contributed by atoms with Gasteiger partial charge in [-0.1, -0.05) is 0 Å². The maximum atomic E-state index is 10.9. The van der Waals surface area contributed by atoms with Crippen LogP contribution in [0.1, 0.15) is 24.8 Å². The first kappa shape index (κ1) is 11.8. The Morgan fingerprint density at radius 3 is 2.94 bits per heavy atom. The fraction of sp³-hybridized carbons (Fsp3) is 0.462. The number of hydrogen-bond acceptors (Lipinski definition) is 3. The number of methoxy groups -OCH3 is 1. The van der Waals surface area contributed by atoms with Crippen LogP contribution >= 0.6 is 0 Å². The van der Waals surface area contributed by atoms with Crippen molar-refractivity contribution in [2.45, 2.75) is 19.3 Å². The lowest BCUT2D eigenvalue weighted by Gasteiger charge is -2.16. The number of carbonyl (C=O) groups is 1. The smallest absolute Gasteiger partial charge is 0.304 e. The number of carboxylic acids is 1. The summed E-state index contributed by atoms with van der Waals surface area (Å²) in [6.07, 6.45) is 0.177. The number of fused-ring (bicyclic) bond motifs is 1. The minimum absolute atomic E-state index is 0.0672. The second-order valence-electron chi connectivity index (χ2n) is 4.26. The highest BCUT2D eigenvalue weighted by Crippen LogP contribution is 2.39. The Morgan fingerprint density at radius 2 is 2.35 bits per heavy atom. The molecule has 1 aromatic carbocycles. The zero-order valence-corrected chi connectivity index (χ0v) is 10.1. The van der Waals surface area contributed by atoms with E-state index in [2.05, 4.69) is 11.8 Å². The van der Waals surface area contributed by atoms with E-state index in [1.54, 1.807) is 7.11 Å². The van der Waals surface area contributed by atoms with Gasteiger partial charge in [0.25, 0.3) is 0 Å². The quantitative estimate of drug-likeness (QED) is 0.868. The third-order valence-electron chi connectivity index (χ3n) is 3.26. The van der Waals surface area contributed by atoms with E-state index in [1.165, 1.54) is 0 Å². The van der Waals surface area contributed by atoms with Crippen molar-refractivity contribution in [3.05, 3.63) is 23.8 Å². The summed E-state index contributed by atoms with van der Waals surface area (Å²) < 4.78 is 5.20. The van der Waals surface area contributed by atoms with Crippen molar-refractivity contribution in [3.8, 4) is 5.75 Å². The fourth-order valence-corrected chi connectivity index (χ4v) is 2.42. The molecule has 0 saturated carbocycles. The molecule has 0 radical (unpaired) electrons. The number of ether oxygens (including phenoxy) is 1. The molecule has 4 nitrogen and oxygen atoms in total. The zero-order chi connectivity index (χ0) is 12.4. The van der Waals surface area contributed by atoms with Gasteiger partial charge in [0.1, 0.15) is 5.75 Å². The molecule has 1 aliphatic heterocycles. The molecule has 1 heterocycles. The molecule has 0 saturated heterocycles. The topological polar surface area (TPSA) is 49.8 Å². The lowest BCUT2D eigenvalue weighted by molar-refractivity contribution is -0.137. The maximum absolute atomic E-state index is 10.9. The van der Waals surface area contributed by atoms with Crippen LogP contribution in [-0.2, 0) is 4.79 Å². The summed E-state index contributed by atoms with van der Waals surface area (Å²) in [5.41, 5.74) is 2.23. The molecule has 0 aliphatic carbocycles. The van der Waals surface area contributed by atoms with Gasteiger partial charge in [-0.05, 0) is 30.7 Å². The molecule has 1 aliphatic rings. The van der Waals surface area contributed by atoms with Gasteiger partial charge >= 0.3 is 5.97 Å². The Hall–Kier alpha value is -1.71. The van der Waals surface area contributed by atoms with Crippen LogP contribution in [0.3, 0.4) is 0 Å². The first-order valence-electron chi connectivity index (χ1n) is 5.80. The monoisotopic (exact) mass is 235 g/mol. The van der Waals surface area contributed by atoms with Crippen molar-refractivity contribution < 1.29 is 14.6 Å². The zero-order valence-electron chi connectivity index (χ0n) is 10.1. The number of rotatable bonds is 4. The van der Waals surface area contributed by atoms with E-state index in [4.69, 9.17) is 9.84 Å². The van der Waals surface area contributed by atoms with Gasteiger partial charge in [0.2, 0.25) is 0 Å². The summed E-state index contributed by atoms with van der Waals surface area (Å²) >= 11 is 0. The molecule has 0 spiro atoms. The van der Waals surface area contributed by atoms with Crippen molar-refractivity contribution >= 4 is 11.7 Å². The average molecular weight is 235 g/mol. The second kappa shape index (κ2) is 4.65. The molecule has 1 atom stereocenters. The maximum Gasteiger partial charge on any atom is 0.304 e. The van der Waals surface area contributed by atoms with E-state index >= 15 is 0 Å². The lowest BCUT2D eigenvalue weighted by atomic mass is 9.98. The number of aliphatic carboxylic acids is 1. The van der Waals surface area contributed by atoms with Gasteiger partial charge in [-0.15, -0.1) is 0 Å². The van der Waals surface area contributed by atoms with E-state index in [-0.39, 0.29) is 12.3 Å². The van der Waals surface area contributed by atoms with E-state index < -0.39 is 5.97 Å². The highest BCUT2D eigenvalue weighted by atomic mass is 16.5. The third kappa shape index (κ3) is 2.20. The Morgan fingerprint density at radius 1 is 1.59 bits per heavy atom. The van der Waals surface area contributed by atoms with Crippen LogP contribution < -0.4 is 9.64 Å². The molecule has 0 amide bonds. The Balaban J connectivity index is 2.35. The molecule has 4 heteroatoms.